The molecule has 1 heterocycles. The molecule has 25 heavy (non-hydrogen) atoms. The maximum absolute atomic E-state index is 12.6. The number of nitrogens with zero attached hydrogens (tertiary/aromatic N) is 1. The largest absolute Gasteiger partial charge is 0.452 e. The molecular weight excluding hydrogens is 316 g/mol. The molecule has 0 aliphatic heterocycles. The van der Waals surface area contributed by atoms with Crippen molar-refractivity contribution in [3.8, 4) is 0 Å². The first-order valence-electron chi connectivity index (χ1n) is 8.94. The molecule has 0 saturated heterocycles. The smallest absolute Gasteiger partial charge is 0.340 e. The Hall–Kier alpha value is -2.43. The van der Waals surface area contributed by atoms with Crippen molar-refractivity contribution in [3.05, 3.63) is 41.1 Å². The molecule has 132 valence electrons. The van der Waals surface area contributed by atoms with Crippen LogP contribution in [0.1, 0.15) is 54.2 Å². The summed E-state index contributed by atoms with van der Waals surface area (Å²) < 4.78 is 5.28. The number of carbonyl (C=O) groups excluding carboxylic acids is 2. The number of rotatable bonds is 5. The standard InChI is InChI=1S/C20H24N2O3/c1-3-16-19(13(2)15-10-6-7-11-17(15)22-16)20(24)25-12-18(23)21-14-8-4-5-9-14/h6-7,10-11,14H,3-5,8-9,12H2,1-2H3,(H,21,23). The number of aromatic nitrogens is 1. The molecule has 1 aliphatic rings. The number of hydrogen-bond acceptors (Lipinski definition) is 4. The first-order valence-corrected chi connectivity index (χ1v) is 8.94. The molecule has 0 unspecified atom stereocenters. The maximum atomic E-state index is 12.6. The molecule has 0 spiro atoms. The molecule has 5 nitrogen and oxygen atoms in total. The summed E-state index contributed by atoms with van der Waals surface area (Å²) in [6.07, 6.45) is 4.93. The second-order valence-corrected chi connectivity index (χ2v) is 6.55. The van der Waals surface area contributed by atoms with Crippen LogP contribution in [0.3, 0.4) is 0 Å². The van der Waals surface area contributed by atoms with E-state index in [-0.39, 0.29) is 18.6 Å². The van der Waals surface area contributed by atoms with Crippen LogP contribution in [0.4, 0.5) is 0 Å². The summed E-state index contributed by atoms with van der Waals surface area (Å²) in [5, 5.41) is 3.86. The van der Waals surface area contributed by atoms with Gasteiger partial charge in [0.2, 0.25) is 0 Å². The van der Waals surface area contributed by atoms with Crippen LogP contribution in [0.5, 0.6) is 0 Å². The van der Waals surface area contributed by atoms with E-state index in [2.05, 4.69) is 10.3 Å². The number of amides is 1. The highest BCUT2D eigenvalue weighted by Gasteiger charge is 2.21. The fourth-order valence-corrected chi connectivity index (χ4v) is 3.51. The van der Waals surface area contributed by atoms with Crippen molar-refractivity contribution in [2.24, 2.45) is 0 Å². The molecular formula is C20H24N2O3. The summed E-state index contributed by atoms with van der Waals surface area (Å²) in [4.78, 5) is 29.2. The first-order chi connectivity index (χ1) is 12.1. The highest BCUT2D eigenvalue weighted by molar-refractivity contribution is 5.99. The average molecular weight is 340 g/mol. The van der Waals surface area contributed by atoms with E-state index in [0.29, 0.717) is 17.7 Å². The third-order valence-electron chi connectivity index (χ3n) is 4.82. The van der Waals surface area contributed by atoms with E-state index in [1.165, 1.54) is 0 Å². The van der Waals surface area contributed by atoms with E-state index >= 15 is 0 Å². The summed E-state index contributed by atoms with van der Waals surface area (Å²) in [5.74, 6) is -0.709. The van der Waals surface area contributed by atoms with E-state index < -0.39 is 5.97 Å². The van der Waals surface area contributed by atoms with Crippen LogP contribution in [0.15, 0.2) is 24.3 Å². The Bertz CT molecular complexity index is 795. The Morgan fingerprint density at radius 3 is 2.68 bits per heavy atom. The summed E-state index contributed by atoms with van der Waals surface area (Å²) in [7, 11) is 0. The van der Waals surface area contributed by atoms with Gasteiger partial charge in [0.05, 0.1) is 16.8 Å². The van der Waals surface area contributed by atoms with Crippen LogP contribution < -0.4 is 5.32 Å². The van der Waals surface area contributed by atoms with Gasteiger partial charge in [-0.3, -0.25) is 9.78 Å². The van der Waals surface area contributed by atoms with E-state index in [4.69, 9.17) is 4.74 Å². The summed E-state index contributed by atoms with van der Waals surface area (Å²) in [6.45, 7) is 3.61. The predicted molar refractivity (Wildman–Crippen MR) is 96.5 cm³/mol. The van der Waals surface area contributed by atoms with Crippen molar-refractivity contribution in [2.75, 3.05) is 6.61 Å². The second-order valence-electron chi connectivity index (χ2n) is 6.55. The Balaban J connectivity index is 1.74. The van der Waals surface area contributed by atoms with Gasteiger partial charge in [-0.2, -0.15) is 0 Å². The van der Waals surface area contributed by atoms with Crippen LogP contribution in [0, 0.1) is 6.92 Å². The number of pyridine rings is 1. The van der Waals surface area contributed by atoms with Crippen LogP contribution in [-0.2, 0) is 16.0 Å². The average Bonchev–Trinajstić information content (AvgIpc) is 3.12. The lowest BCUT2D eigenvalue weighted by atomic mass is 10.0. The molecule has 1 fully saturated rings. The number of ether oxygens (including phenoxy) is 1. The van der Waals surface area contributed by atoms with Gasteiger partial charge in [0.1, 0.15) is 0 Å². The predicted octanol–water partition coefficient (Wildman–Crippen LogP) is 3.32. The van der Waals surface area contributed by atoms with Gasteiger partial charge in [-0.05, 0) is 37.8 Å². The third-order valence-corrected chi connectivity index (χ3v) is 4.82. The highest BCUT2D eigenvalue weighted by Crippen LogP contribution is 2.24. The van der Waals surface area contributed by atoms with Crippen molar-refractivity contribution >= 4 is 22.8 Å². The first kappa shape index (κ1) is 17.4. The summed E-state index contributed by atoms with van der Waals surface area (Å²) in [6, 6.07) is 7.96. The third kappa shape index (κ3) is 3.81. The molecule has 3 rings (SSSR count). The van der Waals surface area contributed by atoms with Gasteiger partial charge in [0, 0.05) is 11.4 Å². The van der Waals surface area contributed by atoms with Crippen molar-refractivity contribution in [3.63, 3.8) is 0 Å². The fraction of sp³-hybridized carbons (Fsp3) is 0.450. The molecule has 1 N–H and O–H groups in total. The van der Waals surface area contributed by atoms with Gasteiger partial charge in [0.15, 0.2) is 6.61 Å². The number of benzene rings is 1. The molecule has 0 atom stereocenters. The minimum atomic E-state index is -0.478. The number of fused-ring (bicyclic) bond motifs is 1. The molecule has 1 saturated carbocycles. The number of esters is 1. The molecule has 5 heteroatoms. The molecule has 1 aromatic carbocycles. The molecule has 0 bridgehead atoms. The minimum Gasteiger partial charge on any atom is -0.452 e. The van der Waals surface area contributed by atoms with E-state index in [9.17, 15) is 9.59 Å². The molecule has 1 aliphatic carbocycles. The quantitative estimate of drug-likeness (QED) is 0.848. The van der Waals surface area contributed by atoms with Crippen molar-refractivity contribution in [2.45, 2.75) is 52.0 Å². The summed E-state index contributed by atoms with van der Waals surface area (Å²) >= 11 is 0. The van der Waals surface area contributed by atoms with Gasteiger partial charge in [-0.15, -0.1) is 0 Å². The van der Waals surface area contributed by atoms with Gasteiger partial charge < -0.3 is 10.1 Å². The Morgan fingerprint density at radius 2 is 1.96 bits per heavy atom. The normalized spacial score (nSPS) is 14.6. The molecule has 0 radical (unpaired) electrons. The van der Waals surface area contributed by atoms with Gasteiger partial charge in [-0.1, -0.05) is 38.0 Å². The van der Waals surface area contributed by atoms with Crippen LogP contribution in [0.25, 0.3) is 10.9 Å². The topological polar surface area (TPSA) is 68.3 Å². The monoisotopic (exact) mass is 340 g/mol. The molecule has 1 aromatic heterocycles. The SMILES string of the molecule is CCc1nc2ccccc2c(C)c1C(=O)OCC(=O)NC1CCCC1. The maximum Gasteiger partial charge on any atom is 0.340 e. The van der Waals surface area contributed by atoms with Crippen molar-refractivity contribution < 1.29 is 14.3 Å². The Morgan fingerprint density at radius 1 is 1.24 bits per heavy atom. The lowest BCUT2D eigenvalue weighted by molar-refractivity contribution is -0.124. The number of aryl methyl sites for hydroxylation is 2. The van der Waals surface area contributed by atoms with E-state index in [1.54, 1.807) is 0 Å². The zero-order valence-electron chi connectivity index (χ0n) is 14.8. The van der Waals surface area contributed by atoms with E-state index in [1.807, 2.05) is 38.1 Å². The second kappa shape index (κ2) is 7.64. The van der Waals surface area contributed by atoms with Gasteiger partial charge in [0.25, 0.3) is 5.91 Å². The van der Waals surface area contributed by atoms with Crippen LogP contribution >= 0.6 is 0 Å². The number of hydrogen-bond donors (Lipinski definition) is 1. The highest BCUT2D eigenvalue weighted by atomic mass is 16.5. The number of carbonyl (C=O) groups is 2. The zero-order valence-corrected chi connectivity index (χ0v) is 14.8. The lowest BCUT2D eigenvalue weighted by Gasteiger charge is -2.14. The van der Waals surface area contributed by atoms with Crippen LogP contribution in [-0.4, -0.2) is 29.5 Å². The molecule has 2 aromatic rings. The van der Waals surface area contributed by atoms with Gasteiger partial charge in [-0.25, -0.2) is 4.79 Å². The molecule has 1 amide bonds. The van der Waals surface area contributed by atoms with Crippen molar-refractivity contribution in [1.29, 1.82) is 0 Å². The number of para-hydroxylation sites is 1. The number of nitrogens with one attached hydrogen (secondary N) is 1. The van der Waals surface area contributed by atoms with Crippen molar-refractivity contribution in [1.82, 2.24) is 10.3 Å². The van der Waals surface area contributed by atoms with Crippen LogP contribution in [0.2, 0.25) is 0 Å². The fourth-order valence-electron chi connectivity index (χ4n) is 3.51. The Kier molecular flexibility index (Phi) is 5.31. The lowest BCUT2D eigenvalue weighted by Crippen LogP contribution is -2.36. The van der Waals surface area contributed by atoms with E-state index in [0.717, 1.165) is 42.1 Å². The summed E-state index contributed by atoms with van der Waals surface area (Å²) in [5.41, 5.74) is 2.91. The van der Waals surface area contributed by atoms with Gasteiger partial charge >= 0.3 is 5.97 Å². The minimum absolute atomic E-state index is 0.224. The Labute approximate surface area is 147 Å². The zero-order chi connectivity index (χ0) is 17.8.